The first kappa shape index (κ1) is 23.8. The molecule has 2 aromatic rings. The average molecular weight is 403 g/mol. The van der Waals surface area contributed by atoms with Crippen molar-refractivity contribution in [3.8, 4) is 0 Å². The summed E-state index contributed by atoms with van der Waals surface area (Å²) in [6.45, 7) is 5.40. The van der Waals surface area contributed by atoms with Crippen LogP contribution in [0.2, 0.25) is 0 Å². The van der Waals surface area contributed by atoms with Gasteiger partial charge < -0.3 is 14.7 Å². The van der Waals surface area contributed by atoms with Gasteiger partial charge in [-0.1, -0.05) is 81.4 Å². The number of carbonyl (C=O) groups excluding carboxylic acids is 1. The van der Waals surface area contributed by atoms with E-state index < -0.39 is 19.9 Å². The molecule has 0 spiro atoms. The normalized spacial score (nSPS) is 11.3. The van der Waals surface area contributed by atoms with Crippen molar-refractivity contribution in [2.75, 3.05) is 0 Å². The van der Waals surface area contributed by atoms with Crippen molar-refractivity contribution < 1.29 is 24.3 Å². The van der Waals surface area contributed by atoms with Crippen molar-refractivity contribution in [3.63, 3.8) is 0 Å². The van der Waals surface area contributed by atoms with Gasteiger partial charge >= 0.3 is 14.5 Å². The van der Waals surface area contributed by atoms with Gasteiger partial charge in [0, 0.05) is 6.42 Å². The number of carboxylic acids is 1. The van der Waals surface area contributed by atoms with Gasteiger partial charge in [-0.05, 0) is 29.6 Å². The third-order valence-electron chi connectivity index (χ3n) is 4.98. The predicted molar refractivity (Wildman–Crippen MR) is 113 cm³/mol. The molecule has 0 saturated heterocycles. The lowest BCUT2D eigenvalue weighted by atomic mass is 9.77. The van der Waals surface area contributed by atoms with E-state index in [1.807, 2.05) is 43.3 Å². The van der Waals surface area contributed by atoms with Gasteiger partial charge in [0.2, 0.25) is 0 Å². The molecule has 2 rings (SSSR count). The fourth-order valence-electron chi connectivity index (χ4n) is 3.04. The van der Waals surface area contributed by atoms with Gasteiger partial charge in [-0.3, -0.25) is 9.59 Å². The van der Waals surface area contributed by atoms with Crippen molar-refractivity contribution in [2.24, 2.45) is 5.41 Å². The Morgan fingerprint density at radius 2 is 1.21 bits per heavy atom. The Morgan fingerprint density at radius 3 is 1.50 bits per heavy atom. The molecule has 28 heavy (non-hydrogen) atoms. The van der Waals surface area contributed by atoms with E-state index in [9.17, 15) is 19.2 Å². The number of hydrogen-bond donors (Lipinski definition) is 3. The number of benzene rings is 2. The Hall–Kier alpha value is -2.28. The van der Waals surface area contributed by atoms with E-state index in [-0.39, 0.29) is 5.78 Å². The van der Waals surface area contributed by atoms with Gasteiger partial charge in [-0.25, -0.2) is 0 Å². The molecule has 0 amide bonds. The van der Waals surface area contributed by atoms with Crippen molar-refractivity contribution in [3.05, 3.63) is 60.7 Å². The van der Waals surface area contributed by atoms with Gasteiger partial charge in [0.1, 0.15) is 11.2 Å². The second kappa shape index (κ2) is 10.9. The largest absolute Gasteiger partial charge is 0.480 e. The molecule has 0 heterocycles. The zero-order chi connectivity index (χ0) is 21.2. The summed E-state index contributed by atoms with van der Waals surface area (Å²) in [6.07, 6.45) is 1.86. The third-order valence-corrected chi connectivity index (χ3v) is 7.26. The second-order valence-electron chi connectivity index (χ2n) is 6.67. The highest BCUT2D eigenvalue weighted by molar-refractivity contribution is 6.90. The van der Waals surface area contributed by atoms with Gasteiger partial charge in [0.15, 0.2) is 0 Å². The van der Waals surface area contributed by atoms with Crippen LogP contribution in [0, 0.1) is 5.41 Å². The standard InChI is InChI=1S/C12H12O2Si.C10H18O3/c13-15(14,11-7-3-1-4-8-11)12-9-5-2-6-10-12;1-4-7-8(11)10(5-2,6-3)9(12)13/h1-10,13-14H;4-7H2,1-3H3,(H,12,13). The van der Waals surface area contributed by atoms with E-state index in [0.717, 1.165) is 0 Å². The predicted octanol–water partition coefficient (Wildman–Crippen LogP) is 2.47. The molecule has 152 valence electrons. The Morgan fingerprint density at radius 1 is 0.821 bits per heavy atom. The van der Waals surface area contributed by atoms with Crippen LogP contribution in [0.4, 0.5) is 0 Å². The van der Waals surface area contributed by atoms with E-state index in [0.29, 0.717) is 36.1 Å². The lowest BCUT2D eigenvalue weighted by molar-refractivity contribution is -0.155. The van der Waals surface area contributed by atoms with Crippen LogP contribution in [0.1, 0.15) is 46.5 Å². The fraction of sp³-hybridized carbons (Fsp3) is 0.364. The molecule has 0 bridgehead atoms. The van der Waals surface area contributed by atoms with Crippen LogP contribution >= 0.6 is 0 Å². The van der Waals surface area contributed by atoms with Gasteiger partial charge in [-0.2, -0.15) is 0 Å². The molecule has 6 heteroatoms. The molecular weight excluding hydrogens is 372 g/mol. The highest BCUT2D eigenvalue weighted by Gasteiger charge is 2.41. The highest BCUT2D eigenvalue weighted by Crippen LogP contribution is 2.29. The molecule has 0 radical (unpaired) electrons. The quantitative estimate of drug-likeness (QED) is 0.466. The van der Waals surface area contributed by atoms with Crippen LogP contribution in [0.25, 0.3) is 0 Å². The first-order chi connectivity index (χ1) is 13.3. The molecule has 0 aromatic heterocycles. The minimum atomic E-state index is -3.46. The zero-order valence-corrected chi connectivity index (χ0v) is 17.8. The van der Waals surface area contributed by atoms with Crippen molar-refractivity contribution >= 4 is 30.7 Å². The molecule has 3 N–H and O–H groups in total. The Labute approximate surface area is 167 Å². The number of hydrogen-bond acceptors (Lipinski definition) is 4. The molecule has 0 aliphatic carbocycles. The number of rotatable bonds is 8. The summed E-state index contributed by atoms with van der Waals surface area (Å²) in [6, 6.07) is 18.0. The molecule has 0 unspecified atom stereocenters. The lowest BCUT2D eigenvalue weighted by Gasteiger charge is -2.24. The van der Waals surface area contributed by atoms with Crippen molar-refractivity contribution in [2.45, 2.75) is 46.5 Å². The fourth-order valence-corrected chi connectivity index (χ4v) is 4.69. The maximum Gasteiger partial charge on any atom is 0.401 e. The van der Waals surface area contributed by atoms with E-state index in [2.05, 4.69) is 0 Å². The van der Waals surface area contributed by atoms with Crippen LogP contribution < -0.4 is 10.4 Å². The van der Waals surface area contributed by atoms with E-state index in [1.54, 1.807) is 38.1 Å². The minimum absolute atomic E-state index is 0.132. The van der Waals surface area contributed by atoms with Gasteiger partial charge in [0.25, 0.3) is 0 Å². The summed E-state index contributed by atoms with van der Waals surface area (Å²) in [7, 11) is -3.46. The summed E-state index contributed by atoms with van der Waals surface area (Å²) in [5.74, 6) is -1.11. The van der Waals surface area contributed by atoms with E-state index >= 15 is 0 Å². The van der Waals surface area contributed by atoms with Crippen LogP contribution in [-0.4, -0.2) is 35.0 Å². The van der Waals surface area contributed by atoms with E-state index in [4.69, 9.17) is 5.11 Å². The summed E-state index contributed by atoms with van der Waals surface area (Å²) in [5.41, 5.74) is -1.13. The summed E-state index contributed by atoms with van der Waals surface area (Å²) >= 11 is 0. The van der Waals surface area contributed by atoms with E-state index in [1.165, 1.54) is 0 Å². The average Bonchev–Trinajstić information content (AvgIpc) is 2.71. The smallest absolute Gasteiger partial charge is 0.401 e. The van der Waals surface area contributed by atoms with Crippen LogP contribution in [0.3, 0.4) is 0 Å². The molecule has 0 fully saturated rings. The Balaban J connectivity index is 0.000000284. The van der Waals surface area contributed by atoms with Gasteiger partial charge in [0.05, 0.1) is 0 Å². The summed E-state index contributed by atoms with van der Waals surface area (Å²) < 4.78 is 0. The zero-order valence-electron chi connectivity index (χ0n) is 16.8. The molecule has 5 nitrogen and oxygen atoms in total. The van der Waals surface area contributed by atoms with Crippen LogP contribution in [0.15, 0.2) is 60.7 Å². The van der Waals surface area contributed by atoms with Gasteiger partial charge in [-0.15, -0.1) is 0 Å². The molecular formula is C22H30O5Si. The Bertz CT molecular complexity index is 699. The molecule has 0 aliphatic rings. The maximum atomic E-state index is 11.6. The van der Waals surface area contributed by atoms with Crippen LogP contribution in [0.5, 0.6) is 0 Å². The third kappa shape index (κ3) is 5.61. The highest BCUT2D eigenvalue weighted by atomic mass is 28.4. The topological polar surface area (TPSA) is 94.8 Å². The summed E-state index contributed by atoms with van der Waals surface area (Å²) in [5, 5.41) is 10.2. The number of Topliss-reactive ketones (excluding diaryl/α,β-unsaturated/α-hetero) is 1. The Kier molecular flexibility index (Phi) is 9.25. The molecule has 0 aliphatic heterocycles. The lowest BCUT2D eigenvalue weighted by Crippen LogP contribution is -2.59. The monoisotopic (exact) mass is 402 g/mol. The second-order valence-corrected chi connectivity index (χ2v) is 9.17. The molecule has 0 atom stereocenters. The molecule has 0 saturated carbocycles. The number of carbonyl (C=O) groups is 2. The van der Waals surface area contributed by atoms with Crippen molar-refractivity contribution in [1.82, 2.24) is 0 Å². The summed E-state index contributed by atoms with van der Waals surface area (Å²) in [4.78, 5) is 42.9. The van der Waals surface area contributed by atoms with Crippen molar-refractivity contribution in [1.29, 1.82) is 0 Å². The number of aliphatic carboxylic acids is 1. The maximum absolute atomic E-state index is 11.6. The van der Waals surface area contributed by atoms with Crippen LogP contribution in [-0.2, 0) is 9.59 Å². The number of carboxylic acid groups (broad SMARTS) is 1. The first-order valence-electron chi connectivity index (χ1n) is 9.58. The SMILES string of the molecule is CCCC(=O)C(CC)(CC)C(=O)O.O[Si](O)(c1ccccc1)c1ccccc1. The molecule has 2 aromatic carbocycles. The minimum Gasteiger partial charge on any atom is -0.480 e. The first-order valence-corrected chi connectivity index (χ1v) is 11.5. The number of ketones is 1.